The first-order chi connectivity index (χ1) is 16.2. The van der Waals surface area contributed by atoms with E-state index < -0.39 is 28.9 Å². The van der Waals surface area contributed by atoms with Gasteiger partial charge in [0.05, 0.1) is 33.0 Å². The first-order valence-electron chi connectivity index (χ1n) is 12.2. The van der Waals surface area contributed by atoms with Crippen LogP contribution in [0.25, 0.3) is 0 Å². The van der Waals surface area contributed by atoms with Crippen LogP contribution in [0.3, 0.4) is 0 Å². The second-order valence-corrected chi connectivity index (χ2v) is 12.5. The zero-order valence-corrected chi connectivity index (χ0v) is 23.1. The molecule has 35 heavy (non-hydrogen) atoms. The van der Waals surface area contributed by atoms with Crippen molar-refractivity contribution < 1.29 is 33.1 Å². The number of alkyl halides is 1. The van der Waals surface area contributed by atoms with Crippen LogP contribution >= 0.6 is 11.6 Å². The lowest BCUT2D eigenvalue weighted by Gasteiger charge is -2.64. The van der Waals surface area contributed by atoms with Gasteiger partial charge in [-0.15, -0.1) is 11.6 Å². The Morgan fingerprint density at radius 2 is 1.71 bits per heavy atom. The quantitative estimate of drug-likeness (QED) is 0.286. The van der Waals surface area contributed by atoms with Gasteiger partial charge >= 0.3 is 13.1 Å². The van der Waals surface area contributed by atoms with E-state index in [9.17, 15) is 4.79 Å². The van der Waals surface area contributed by atoms with Gasteiger partial charge in [-0.2, -0.15) is 0 Å². The van der Waals surface area contributed by atoms with Crippen LogP contribution in [0.4, 0.5) is 0 Å². The highest BCUT2D eigenvalue weighted by atomic mass is 35.5. The maximum atomic E-state index is 13.3. The summed E-state index contributed by atoms with van der Waals surface area (Å²) in [7, 11) is 3.72. The van der Waals surface area contributed by atoms with Crippen molar-refractivity contribution >= 4 is 24.7 Å². The lowest BCUT2D eigenvalue weighted by atomic mass is 9.43. The predicted molar refractivity (Wildman–Crippen MR) is 135 cm³/mol. The average molecular weight is 509 g/mol. The Morgan fingerprint density at radius 1 is 1.09 bits per heavy atom. The number of ether oxygens (including phenoxy) is 4. The number of rotatable bonds is 7. The van der Waals surface area contributed by atoms with Crippen molar-refractivity contribution in [2.75, 3.05) is 27.9 Å². The Balaban J connectivity index is 1.59. The molecule has 1 aromatic carbocycles. The Hall–Kier alpha value is -1.64. The molecular weight excluding hydrogens is 471 g/mol. The summed E-state index contributed by atoms with van der Waals surface area (Å²) in [6, 6.07) is 3.31. The van der Waals surface area contributed by atoms with E-state index in [-0.39, 0.29) is 29.4 Å². The molecule has 1 aliphatic heterocycles. The SMILES string of the molecule is COc1ccc(OC)c(C(=O)OC[C@](Cl)(B2O[C@@H]3C[C@@H]4C[C@@H](C4(C)C)[C@]3(C)O2)C(C)(C)C)c1OC. The molecule has 0 radical (unpaired) electrons. The molecule has 7 nitrogen and oxygen atoms in total. The topological polar surface area (TPSA) is 72.5 Å². The summed E-state index contributed by atoms with van der Waals surface area (Å²) in [6.07, 6.45) is 2.07. The van der Waals surface area contributed by atoms with Crippen molar-refractivity contribution in [2.24, 2.45) is 22.7 Å². The van der Waals surface area contributed by atoms with Crippen LogP contribution < -0.4 is 14.2 Å². The highest BCUT2D eigenvalue weighted by Gasteiger charge is 2.71. The van der Waals surface area contributed by atoms with E-state index in [2.05, 4.69) is 20.8 Å². The Bertz CT molecular complexity index is 993. The van der Waals surface area contributed by atoms with Crippen LogP contribution in [0.5, 0.6) is 17.2 Å². The molecule has 0 unspecified atom stereocenters. The van der Waals surface area contributed by atoms with Gasteiger partial charge in [-0.25, -0.2) is 4.79 Å². The molecule has 5 atom stereocenters. The highest BCUT2D eigenvalue weighted by molar-refractivity contribution is 6.63. The molecule has 0 amide bonds. The summed E-state index contributed by atoms with van der Waals surface area (Å²) in [5.41, 5.74) is -0.576. The first kappa shape index (κ1) is 26.4. The number of esters is 1. The van der Waals surface area contributed by atoms with Gasteiger partial charge in [-0.1, -0.05) is 34.6 Å². The number of hydrogen-bond donors (Lipinski definition) is 0. The van der Waals surface area contributed by atoms with E-state index in [0.29, 0.717) is 23.3 Å². The Morgan fingerprint density at radius 3 is 2.26 bits per heavy atom. The molecule has 3 saturated carbocycles. The van der Waals surface area contributed by atoms with E-state index in [1.54, 1.807) is 12.1 Å². The molecule has 1 heterocycles. The standard InChI is InChI=1S/C26H38BClO7/c1-23(2,3)26(28,27-34-19-13-15-12-18(24(15,4)5)25(19,6)35-27)14-33-22(29)20-16(30-7)10-11-17(31-8)21(20)32-9/h10-11,15,18-19H,12-14H2,1-9H3/t15-,18-,19+,25-,26+/m0/s1. The molecule has 1 saturated heterocycles. The zero-order chi connectivity index (χ0) is 26.0. The normalized spacial score (nSPS) is 30.6. The van der Waals surface area contributed by atoms with Crippen LogP contribution in [0.15, 0.2) is 12.1 Å². The summed E-state index contributed by atoms with van der Waals surface area (Å²) in [5.74, 6) is 1.35. The van der Waals surface area contributed by atoms with Crippen LogP contribution in [-0.2, 0) is 14.0 Å². The molecule has 2 bridgehead atoms. The fourth-order valence-electron chi connectivity index (χ4n) is 6.22. The minimum absolute atomic E-state index is 0.0287. The Labute approximate surface area is 214 Å². The van der Waals surface area contributed by atoms with E-state index in [0.717, 1.165) is 12.8 Å². The van der Waals surface area contributed by atoms with Crippen molar-refractivity contribution in [1.82, 2.24) is 0 Å². The first-order valence-corrected chi connectivity index (χ1v) is 12.6. The minimum atomic E-state index is -1.13. The molecule has 0 spiro atoms. The highest BCUT2D eigenvalue weighted by Crippen LogP contribution is 2.66. The summed E-state index contributed by atoms with van der Waals surface area (Å²) in [5, 5.41) is 0. The van der Waals surface area contributed by atoms with Gasteiger partial charge in [0.1, 0.15) is 22.7 Å². The van der Waals surface area contributed by atoms with Gasteiger partial charge in [0, 0.05) is 0 Å². The molecule has 0 aromatic heterocycles. The fraction of sp³-hybridized carbons (Fsp3) is 0.731. The van der Waals surface area contributed by atoms with Crippen molar-refractivity contribution in [3.8, 4) is 17.2 Å². The summed E-state index contributed by atoms with van der Waals surface area (Å²) < 4.78 is 34.1. The number of hydrogen-bond acceptors (Lipinski definition) is 7. The molecule has 3 aliphatic carbocycles. The second kappa shape index (κ2) is 8.74. The summed E-state index contributed by atoms with van der Waals surface area (Å²) in [4.78, 5) is 13.3. The van der Waals surface area contributed by atoms with Gasteiger partial charge in [-0.3, -0.25) is 0 Å². The molecule has 5 rings (SSSR count). The number of halogens is 1. The second-order valence-electron chi connectivity index (χ2n) is 11.9. The predicted octanol–water partition coefficient (Wildman–Crippen LogP) is 5.16. The van der Waals surface area contributed by atoms with Crippen LogP contribution in [0, 0.1) is 22.7 Å². The van der Waals surface area contributed by atoms with Crippen LogP contribution in [0.2, 0.25) is 0 Å². The van der Waals surface area contributed by atoms with Crippen molar-refractivity contribution in [3.63, 3.8) is 0 Å². The number of benzene rings is 1. The number of methoxy groups -OCH3 is 3. The zero-order valence-electron chi connectivity index (χ0n) is 22.3. The maximum absolute atomic E-state index is 13.3. The lowest BCUT2D eigenvalue weighted by Crippen LogP contribution is -2.65. The lowest BCUT2D eigenvalue weighted by molar-refractivity contribution is -0.199. The third-order valence-corrected chi connectivity index (χ3v) is 9.77. The van der Waals surface area contributed by atoms with E-state index in [1.807, 2.05) is 20.8 Å². The van der Waals surface area contributed by atoms with Gasteiger partial charge in [0.2, 0.25) is 0 Å². The smallest absolute Gasteiger partial charge is 0.484 e. The van der Waals surface area contributed by atoms with Gasteiger partial charge < -0.3 is 28.3 Å². The molecule has 9 heteroatoms. The third-order valence-electron chi connectivity index (χ3n) is 8.91. The van der Waals surface area contributed by atoms with Crippen molar-refractivity contribution in [3.05, 3.63) is 17.7 Å². The van der Waals surface area contributed by atoms with Crippen molar-refractivity contribution in [2.45, 2.75) is 70.9 Å². The molecule has 0 N–H and O–H groups in total. The van der Waals surface area contributed by atoms with E-state index >= 15 is 0 Å². The summed E-state index contributed by atoms with van der Waals surface area (Å²) >= 11 is 7.30. The molecule has 4 fully saturated rings. The van der Waals surface area contributed by atoms with Crippen LogP contribution in [-0.4, -0.2) is 57.5 Å². The molecule has 1 aromatic rings. The number of carbonyl (C=O) groups is 1. The minimum Gasteiger partial charge on any atom is -0.496 e. The largest absolute Gasteiger partial charge is 0.496 e. The number of carbonyl (C=O) groups excluding carboxylic acids is 1. The molecule has 194 valence electrons. The average Bonchev–Trinajstić information content (AvgIpc) is 3.17. The third kappa shape index (κ3) is 3.91. The van der Waals surface area contributed by atoms with E-state index in [4.69, 9.17) is 39.9 Å². The summed E-state index contributed by atoms with van der Waals surface area (Å²) in [6.45, 7) is 12.7. The Kier molecular flexibility index (Phi) is 6.60. The fourth-order valence-corrected chi connectivity index (χ4v) is 6.37. The van der Waals surface area contributed by atoms with Crippen LogP contribution in [0.1, 0.15) is 64.7 Å². The van der Waals surface area contributed by atoms with Gasteiger partial charge in [-0.05, 0) is 54.6 Å². The molecular formula is C26H38BClO7. The van der Waals surface area contributed by atoms with E-state index in [1.165, 1.54) is 21.3 Å². The van der Waals surface area contributed by atoms with Gasteiger partial charge in [0.25, 0.3) is 0 Å². The monoisotopic (exact) mass is 508 g/mol. The van der Waals surface area contributed by atoms with Crippen molar-refractivity contribution in [1.29, 1.82) is 0 Å². The maximum Gasteiger partial charge on any atom is 0.484 e. The van der Waals surface area contributed by atoms with Gasteiger partial charge in [0.15, 0.2) is 11.5 Å². The molecule has 4 aliphatic rings.